The molecule has 1 fully saturated rings. The fraction of sp³-hybridized carbons (Fsp3) is 0.423. The highest BCUT2D eigenvalue weighted by molar-refractivity contribution is 7.59. The number of aliphatic hydroxyl groups is 1. The number of hydrogen-bond acceptors (Lipinski definition) is 10. The van der Waals surface area contributed by atoms with Gasteiger partial charge in [0.15, 0.2) is 0 Å². The number of carbonyl (C=O) groups is 1. The minimum atomic E-state index is -0.549. The third-order valence-electron chi connectivity index (χ3n) is 6.21. The Balaban J connectivity index is 0.00000400. The van der Waals surface area contributed by atoms with Gasteiger partial charge in [-0.25, -0.2) is 9.97 Å². The minimum absolute atomic E-state index is 0. The summed E-state index contributed by atoms with van der Waals surface area (Å²) < 4.78 is 5.53. The van der Waals surface area contributed by atoms with Crippen LogP contribution in [0.2, 0.25) is 0 Å². The van der Waals surface area contributed by atoms with Gasteiger partial charge in [-0.3, -0.25) is 14.7 Å². The van der Waals surface area contributed by atoms with E-state index in [1.54, 1.807) is 24.5 Å². The fourth-order valence-electron chi connectivity index (χ4n) is 4.08. The van der Waals surface area contributed by atoms with Crippen LogP contribution < -0.4 is 15.8 Å². The predicted molar refractivity (Wildman–Crippen MR) is 151 cm³/mol. The molecule has 4 N–H and O–H groups in total. The van der Waals surface area contributed by atoms with Gasteiger partial charge in [0.2, 0.25) is 5.88 Å². The number of piperidine rings is 1. The third kappa shape index (κ3) is 7.88. The number of carbonyl (C=O) groups excluding carboxylic acids is 1. The molecule has 12 heteroatoms. The summed E-state index contributed by atoms with van der Waals surface area (Å²) in [5, 5.41) is 22.7. The number of likely N-dealkylation sites (tertiary alicyclic amines) is 1. The van der Waals surface area contributed by atoms with Crippen molar-refractivity contribution in [3.05, 3.63) is 52.8 Å². The van der Waals surface area contributed by atoms with Crippen molar-refractivity contribution in [3.8, 4) is 22.7 Å². The lowest BCUT2D eigenvalue weighted by Crippen LogP contribution is -2.38. The van der Waals surface area contributed by atoms with Gasteiger partial charge in [0.1, 0.15) is 22.3 Å². The van der Waals surface area contributed by atoms with Gasteiger partial charge in [0.25, 0.3) is 5.91 Å². The molecular formula is C26H33N7O3S2. The number of hydrogen-bond donors (Lipinski definition) is 3. The van der Waals surface area contributed by atoms with Gasteiger partial charge in [0.05, 0.1) is 24.1 Å². The van der Waals surface area contributed by atoms with Crippen LogP contribution in [0.5, 0.6) is 5.88 Å². The number of nitrogens with zero attached hydrogens (tertiary/aromatic N) is 5. The second-order valence-corrected chi connectivity index (χ2v) is 10.3. The SMILES string of the molecule is C[C@H](O)CCOc1nc(C(=O)NCC2CCN(Cc3cnc(-c4ccccn4)s3)CC2)cc(N)c1C#N.S. The number of anilines is 1. The van der Waals surface area contributed by atoms with Gasteiger partial charge >= 0.3 is 0 Å². The van der Waals surface area contributed by atoms with Crippen molar-refractivity contribution in [2.45, 2.75) is 38.8 Å². The molecule has 4 rings (SSSR count). The van der Waals surface area contributed by atoms with Crippen molar-refractivity contribution in [1.29, 1.82) is 5.26 Å². The van der Waals surface area contributed by atoms with Crippen LogP contribution in [0.15, 0.2) is 36.7 Å². The molecule has 0 radical (unpaired) electrons. The summed E-state index contributed by atoms with van der Waals surface area (Å²) in [7, 11) is 0. The van der Waals surface area contributed by atoms with E-state index in [0.29, 0.717) is 18.9 Å². The molecule has 1 saturated heterocycles. The number of ether oxygens (including phenoxy) is 1. The number of amides is 1. The summed E-state index contributed by atoms with van der Waals surface area (Å²) in [4.78, 5) is 29.5. The Morgan fingerprint density at radius 3 is 2.84 bits per heavy atom. The quantitative estimate of drug-likeness (QED) is 0.343. The molecule has 1 amide bonds. The number of nitrogen functional groups attached to an aromatic ring is 1. The maximum atomic E-state index is 12.8. The van der Waals surface area contributed by atoms with E-state index in [0.717, 1.165) is 43.2 Å². The van der Waals surface area contributed by atoms with Crippen LogP contribution >= 0.6 is 24.8 Å². The Morgan fingerprint density at radius 2 is 2.16 bits per heavy atom. The first-order valence-electron chi connectivity index (χ1n) is 12.3. The molecule has 3 aromatic heterocycles. The van der Waals surface area contributed by atoms with Gasteiger partial charge < -0.3 is 20.9 Å². The molecule has 38 heavy (non-hydrogen) atoms. The van der Waals surface area contributed by atoms with Crippen LogP contribution in [0.4, 0.5) is 5.69 Å². The molecule has 202 valence electrons. The molecule has 0 aromatic carbocycles. The van der Waals surface area contributed by atoms with Crippen LogP contribution in [0.25, 0.3) is 10.7 Å². The second-order valence-electron chi connectivity index (χ2n) is 9.15. The highest BCUT2D eigenvalue weighted by atomic mass is 32.1. The summed E-state index contributed by atoms with van der Waals surface area (Å²) in [5.74, 6) is 0.0183. The van der Waals surface area contributed by atoms with Crippen molar-refractivity contribution < 1.29 is 14.6 Å². The van der Waals surface area contributed by atoms with Crippen molar-refractivity contribution >= 4 is 36.4 Å². The number of nitrogens with two attached hydrogens (primary N) is 1. The zero-order valence-corrected chi connectivity index (χ0v) is 23.1. The molecule has 3 aromatic rings. The summed E-state index contributed by atoms with van der Waals surface area (Å²) >= 11 is 1.67. The maximum absolute atomic E-state index is 12.8. The van der Waals surface area contributed by atoms with E-state index < -0.39 is 6.10 Å². The van der Waals surface area contributed by atoms with E-state index >= 15 is 0 Å². The lowest BCUT2D eigenvalue weighted by Gasteiger charge is -2.31. The van der Waals surface area contributed by atoms with Gasteiger partial charge in [-0.1, -0.05) is 6.07 Å². The topological polar surface area (TPSA) is 150 Å². The Labute approximate surface area is 233 Å². The van der Waals surface area contributed by atoms with E-state index in [2.05, 4.69) is 25.2 Å². The molecule has 1 atom stereocenters. The first-order valence-corrected chi connectivity index (χ1v) is 13.1. The summed E-state index contributed by atoms with van der Waals surface area (Å²) in [5.41, 5.74) is 7.19. The molecule has 0 unspecified atom stereocenters. The zero-order chi connectivity index (χ0) is 26.2. The molecular weight excluding hydrogens is 522 g/mol. The molecule has 1 aliphatic rings. The van der Waals surface area contributed by atoms with Crippen molar-refractivity contribution in [2.75, 3.05) is 32.0 Å². The van der Waals surface area contributed by atoms with Crippen LogP contribution in [-0.2, 0) is 6.54 Å². The smallest absolute Gasteiger partial charge is 0.270 e. The highest BCUT2D eigenvalue weighted by Gasteiger charge is 2.22. The predicted octanol–water partition coefficient (Wildman–Crippen LogP) is 2.96. The first-order chi connectivity index (χ1) is 17.9. The van der Waals surface area contributed by atoms with Crippen molar-refractivity contribution in [3.63, 3.8) is 0 Å². The molecule has 0 aliphatic carbocycles. The van der Waals surface area contributed by atoms with Gasteiger partial charge in [0, 0.05) is 36.8 Å². The summed E-state index contributed by atoms with van der Waals surface area (Å²) in [6.07, 6.45) is 5.48. The molecule has 4 heterocycles. The standard InChI is InChI=1S/C26H31N7O3S.H2S/c1-17(34)7-11-36-25-20(13-27)21(28)12-23(32-25)24(35)30-14-18-5-9-33(10-6-18)16-19-15-31-26(37-19)22-4-2-3-8-29-22;/h2-4,8,12,15,17-18,34H,5-7,9-11,14,16H2,1H3,(H2,28,32)(H,30,35);1H2/t17-;/m0./s1. The second kappa shape index (κ2) is 14.1. The molecule has 10 nitrogen and oxygen atoms in total. The van der Waals surface area contributed by atoms with Gasteiger partial charge in [-0.2, -0.15) is 18.8 Å². The molecule has 0 saturated carbocycles. The normalized spacial score (nSPS) is 14.8. The Kier molecular flexibility index (Phi) is 10.8. The molecule has 0 spiro atoms. The van der Waals surface area contributed by atoms with E-state index in [1.807, 2.05) is 30.5 Å². The Hall–Kier alpha value is -3.24. The monoisotopic (exact) mass is 555 g/mol. The minimum Gasteiger partial charge on any atom is -0.477 e. The molecule has 1 aliphatic heterocycles. The average molecular weight is 556 g/mol. The fourth-order valence-corrected chi connectivity index (χ4v) is 5.02. The summed E-state index contributed by atoms with van der Waals surface area (Å²) in [6.45, 7) is 5.09. The van der Waals surface area contributed by atoms with E-state index in [9.17, 15) is 15.2 Å². The number of aliphatic hydroxyl groups excluding tert-OH is 1. The van der Waals surface area contributed by atoms with E-state index in [1.165, 1.54) is 10.9 Å². The van der Waals surface area contributed by atoms with Crippen LogP contribution in [0.3, 0.4) is 0 Å². The number of nitriles is 1. The largest absolute Gasteiger partial charge is 0.477 e. The lowest BCUT2D eigenvalue weighted by atomic mass is 9.96. The first kappa shape index (κ1) is 29.3. The number of nitrogens with one attached hydrogen (secondary N) is 1. The third-order valence-corrected chi connectivity index (χ3v) is 7.22. The Bertz CT molecular complexity index is 1240. The highest BCUT2D eigenvalue weighted by Crippen LogP contribution is 2.26. The Morgan fingerprint density at radius 1 is 1.37 bits per heavy atom. The van der Waals surface area contributed by atoms with E-state index in [4.69, 9.17) is 10.5 Å². The number of pyridine rings is 2. The number of rotatable bonds is 10. The van der Waals surface area contributed by atoms with Gasteiger partial charge in [-0.05, 0) is 57.0 Å². The summed E-state index contributed by atoms with van der Waals surface area (Å²) in [6, 6.07) is 9.19. The number of aromatic nitrogens is 3. The van der Waals surface area contributed by atoms with Crippen molar-refractivity contribution in [2.24, 2.45) is 5.92 Å². The van der Waals surface area contributed by atoms with Gasteiger partial charge in [-0.15, -0.1) is 11.3 Å². The van der Waals surface area contributed by atoms with E-state index in [-0.39, 0.29) is 48.8 Å². The lowest BCUT2D eigenvalue weighted by molar-refractivity contribution is 0.0928. The van der Waals surface area contributed by atoms with Crippen LogP contribution in [-0.4, -0.2) is 63.2 Å². The number of thiazole rings is 1. The van der Waals surface area contributed by atoms with Crippen LogP contribution in [0.1, 0.15) is 47.1 Å². The van der Waals surface area contributed by atoms with Crippen molar-refractivity contribution in [1.82, 2.24) is 25.2 Å². The van der Waals surface area contributed by atoms with Crippen LogP contribution in [0, 0.1) is 17.2 Å². The molecule has 0 bridgehead atoms. The maximum Gasteiger partial charge on any atom is 0.270 e. The average Bonchev–Trinajstić information content (AvgIpc) is 3.36. The zero-order valence-electron chi connectivity index (χ0n) is 21.3.